The molecule has 2 aliphatic rings. The van der Waals surface area contributed by atoms with Crippen LogP contribution in [-0.2, 0) is 33.7 Å². The largest absolute Gasteiger partial charge is 0.397 e. The van der Waals surface area contributed by atoms with E-state index in [1.165, 1.54) is 16.9 Å². The third-order valence-corrected chi connectivity index (χ3v) is 6.10. The van der Waals surface area contributed by atoms with Gasteiger partial charge in [0.25, 0.3) is 0 Å². The number of hydrogen-bond donors (Lipinski definition) is 2. The molecule has 4 heterocycles. The number of ether oxygens (including phenoxy) is 2. The first-order chi connectivity index (χ1) is 12.4. The molecule has 1 amide bonds. The summed E-state index contributed by atoms with van der Waals surface area (Å²) in [5.41, 5.74) is 14.5. The highest BCUT2D eigenvalue weighted by Crippen LogP contribution is 2.43. The molecule has 0 saturated carbocycles. The predicted molar refractivity (Wildman–Crippen MR) is 103 cm³/mol. The molecule has 1 saturated heterocycles. The van der Waals surface area contributed by atoms with E-state index in [1.807, 2.05) is 0 Å². The minimum absolute atomic E-state index is 0.147. The van der Waals surface area contributed by atoms with Crippen LogP contribution >= 0.6 is 11.3 Å². The van der Waals surface area contributed by atoms with E-state index >= 15 is 0 Å². The lowest BCUT2D eigenvalue weighted by atomic mass is 9.89. The van der Waals surface area contributed by atoms with Gasteiger partial charge in [0.2, 0.25) is 5.91 Å². The number of morpholine rings is 1. The van der Waals surface area contributed by atoms with E-state index in [1.54, 1.807) is 0 Å². The lowest BCUT2D eigenvalue weighted by molar-refractivity contribution is -0.117. The van der Waals surface area contributed by atoms with Crippen molar-refractivity contribution < 1.29 is 14.3 Å². The number of rotatable bonds is 3. The summed E-state index contributed by atoms with van der Waals surface area (Å²) >= 11 is 1.47. The van der Waals surface area contributed by atoms with Gasteiger partial charge in [-0.2, -0.15) is 0 Å². The van der Waals surface area contributed by atoms with Crippen LogP contribution < -0.4 is 16.4 Å². The van der Waals surface area contributed by atoms with Crippen molar-refractivity contribution in [1.29, 1.82) is 0 Å². The normalized spacial score (nSPS) is 19.5. The molecule has 8 heteroatoms. The van der Waals surface area contributed by atoms with Crippen molar-refractivity contribution in [2.24, 2.45) is 5.73 Å². The van der Waals surface area contributed by atoms with E-state index in [4.69, 9.17) is 25.9 Å². The first-order valence-corrected chi connectivity index (χ1v) is 9.65. The van der Waals surface area contributed by atoms with Crippen LogP contribution in [0.5, 0.6) is 0 Å². The Balaban J connectivity index is 1.92. The number of aromatic nitrogens is 1. The van der Waals surface area contributed by atoms with E-state index in [-0.39, 0.29) is 17.9 Å². The molecule has 0 bridgehead atoms. The standard InChI is InChI=1S/C18H24N4O3S/c1-18(2)8-10-11(9-25-18)16(22-3-5-24-6-4-22)21-17-14(10)15(20)12(26-17)7-13(19)23/h3-9,20H2,1-2H3,(H2,19,23). The fourth-order valence-electron chi connectivity index (χ4n) is 3.71. The Morgan fingerprint density at radius 1 is 1.31 bits per heavy atom. The third-order valence-electron chi connectivity index (χ3n) is 5.00. The fourth-order valence-corrected chi connectivity index (χ4v) is 4.84. The molecule has 1 fully saturated rings. The Labute approximate surface area is 156 Å². The summed E-state index contributed by atoms with van der Waals surface area (Å²) in [6, 6.07) is 0. The number of nitrogen functional groups attached to an aromatic ring is 1. The first-order valence-electron chi connectivity index (χ1n) is 8.83. The van der Waals surface area contributed by atoms with E-state index < -0.39 is 0 Å². The van der Waals surface area contributed by atoms with Crippen LogP contribution in [0.1, 0.15) is 29.9 Å². The van der Waals surface area contributed by atoms with Gasteiger partial charge < -0.3 is 25.8 Å². The molecule has 0 atom stereocenters. The molecule has 2 aromatic rings. The third kappa shape index (κ3) is 3.02. The molecular weight excluding hydrogens is 352 g/mol. The molecule has 0 radical (unpaired) electrons. The van der Waals surface area contributed by atoms with Gasteiger partial charge in [0.05, 0.1) is 37.5 Å². The summed E-state index contributed by atoms with van der Waals surface area (Å²) in [5.74, 6) is 0.576. The quantitative estimate of drug-likeness (QED) is 0.843. The number of nitrogens with zero attached hydrogens (tertiary/aromatic N) is 2. The maximum atomic E-state index is 11.4. The minimum atomic E-state index is -0.380. The molecule has 4 rings (SSSR count). The van der Waals surface area contributed by atoms with Crippen molar-refractivity contribution in [1.82, 2.24) is 4.98 Å². The van der Waals surface area contributed by atoms with E-state index in [2.05, 4.69) is 18.7 Å². The van der Waals surface area contributed by atoms with Gasteiger partial charge in [-0.3, -0.25) is 4.79 Å². The van der Waals surface area contributed by atoms with Crippen LogP contribution in [0, 0.1) is 0 Å². The maximum Gasteiger partial charge on any atom is 0.222 e. The van der Waals surface area contributed by atoms with Gasteiger partial charge in [-0.1, -0.05) is 0 Å². The van der Waals surface area contributed by atoms with Crippen LogP contribution in [0.15, 0.2) is 0 Å². The molecule has 0 spiro atoms. The molecule has 0 unspecified atom stereocenters. The van der Waals surface area contributed by atoms with Gasteiger partial charge in [-0.05, 0) is 19.4 Å². The van der Waals surface area contributed by atoms with Gasteiger partial charge in [-0.15, -0.1) is 11.3 Å². The van der Waals surface area contributed by atoms with Crippen LogP contribution in [0.2, 0.25) is 0 Å². The molecule has 4 N–H and O–H groups in total. The van der Waals surface area contributed by atoms with Crippen molar-refractivity contribution in [3.63, 3.8) is 0 Å². The monoisotopic (exact) mass is 376 g/mol. The lowest BCUT2D eigenvalue weighted by Crippen LogP contribution is -2.39. The molecule has 2 aromatic heterocycles. The second kappa shape index (κ2) is 6.37. The van der Waals surface area contributed by atoms with Crippen LogP contribution in [0.25, 0.3) is 10.2 Å². The van der Waals surface area contributed by atoms with E-state index in [9.17, 15) is 4.79 Å². The summed E-state index contributed by atoms with van der Waals surface area (Å²) in [5, 5.41) is 0.967. The zero-order chi connectivity index (χ0) is 18.5. The smallest absolute Gasteiger partial charge is 0.222 e. The summed E-state index contributed by atoms with van der Waals surface area (Å²) in [6.07, 6.45) is 0.907. The number of carbonyl (C=O) groups is 1. The number of carbonyl (C=O) groups excluding carboxylic acids is 1. The Morgan fingerprint density at radius 2 is 2.04 bits per heavy atom. The van der Waals surface area contributed by atoms with Crippen molar-refractivity contribution in [2.75, 3.05) is 36.9 Å². The van der Waals surface area contributed by atoms with Crippen molar-refractivity contribution in [3.8, 4) is 0 Å². The highest BCUT2D eigenvalue weighted by atomic mass is 32.1. The Hall–Kier alpha value is -1.90. The zero-order valence-corrected chi connectivity index (χ0v) is 15.9. The molecule has 26 heavy (non-hydrogen) atoms. The second-order valence-electron chi connectivity index (χ2n) is 7.48. The Morgan fingerprint density at radius 3 is 2.73 bits per heavy atom. The predicted octanol–water partition coefficient (Wildman–Crippen LogP) is 1.59. The van der Waals surface area contributed by atoms with Gasteiger partial charge >= 0.3 is 0 Å². The summed E-state index contributed by atoms with van der Waals surface area (Å²) < 4.78 is 11.6. The Kier molecular flexibility index (Phi) is 4.29. The fraction of sp³-hybridized carbons (Fsp3) is 0.556. The maximum absolute atomic E-state index is 11.4. The molecule has 7 nitrogen and oxygen atoms in total. The van der Waals surface area contributed by atoms with Crippen LogP contribution in [0.3, 0.4) is 0 Å². The molecule has 0 aliphatic carbocycles. The number of hydrogen-bond acceptors (Lipinski definition) is 7. The van der Waals surface area contributed by atoms with Gasteiger partial charge in [-0.25, -0.2) is 4.98 Å². The van der Waals surface area contributed by atoms with Crippen molar-refractivity contribution in [2.45, 2.75) is 38.9 Å². The average molecular weight is 376 g/mol. The summed E-state index contributed by atoms with van der Waals surface area (Å²) in [6.45, 7) is 7.69. The topological polar surface area (TPSA) is 104 Å². The lowest BCUT2D eigenvalue weighted by Gasteiger charge is -2.36. The van der Waals surface area contributed by atoms with Crippen molar-refractivity contribution in [3.05, 3.63) is 16.0 Å². The zero-order valence-electron chi connectivity index (χ0n) is 15.1. The molecule has 2 aliphatic heterocycles. The highest BCUT2D eigenvalue weighted by molar-refractivity contribution is 7.19. The van der Waals surface area contributed by atoms with Crippen molar-refractivity contribution >= 4 is 39.0 Å². The number of pyridine rings is 1. The molecule has 0 aromatic carbocycles. The number of thiophene rings is 1. The number of nitrogens with two attached hydrogens (primary N) is 2. The number of primary amides is 1. The number of amides is 1. The number of anilines is 2. The molecular formula is C18H24N4O3S. The van der Waals surface area contributed by atoms with E-state index in [0.717, 1.165) is 46.0 Å². The summed E-state index contributed by atoms with van der Waals surface area (Å²) in [4.78, 5) is 20.3. The average Bonchev–Trinajstić information content (AvgIpc) is 2.89. The SMILES string of the molecule is CC1(C)Cc2c(c(N3CCOCC3)nc3sc(CC(N)=O)c(N)c23)CO1. The van der Waals surface area contributed by atoms with E-state index in [0.29, 0.717) is 25.5 Å². The van der Waals surface area contributed by atoms with Gasteiger partial charge in [0, 0.05) is 35.3 Å². The summed E-state index contributed by atoms with van der Waals surface area (Å²) in [7, 11) is 0. The first kappa shape index (κ1) is 17.5. The number of fused-ring (bicyclic) bond motifs is 3. The van der Waals surface area contributed by atoms with Gasteiger partial charge in [0.15, 0.2) is 0 Å². The highest BCUT2D eigenvalue weighted by Gasteiger charge is 2.33. The van der Waals surface area contributed by atoms with Gasteiger partial charge in [0.1, 0.15) is 10.6 Å². The molecule has 140 valence electrons. The second-order valence-corrected chi connectivity index (χ2v) is 8.56. The minimum Gasteiger partial charge on any atom is -0.397 e. The van der Waals surface area contributed by atoms with Crippen LogP contribution in [-0.4, -0.2) is 42.8 Å². The Bertz CT molecular complexity index is 871. The van der Waals surface area contributed by atoms with Crippen LogP contribution in [0.4, 0.5) is 11.5 Å².